The van der Waals surface area contributed by atoms with Gasteiger partial charge in [0.05, 0.1) is 47.9 Å². The number of carbonyl (C=O) groups is 5. The van der Waals surface area contributed by atoms with Gasteiger partial charge in [-0.3, -0.25) is 19.2 Å². The second-order valence-corrected chi connectivity index (χ2v) is 16.5. The van der Waals surface area contributed by atoms with Crippen LogP contribution < -0.4 is 55.2 Å². The SMILES string of the molecule is CCCCCCCCCC(=O)NCCC[N+](C)(C)CC(=O)NCCCC[C@H](NC(=O)C[N+](C)(C)CCCNC(=O)CCCCCCCCC)C(=O)OCC.[Br-].[Br-]. The molecule has 0 unspecified atom stereocenters. The molecule has 0 spiro atoms. The molecule has 12 nitrogen and oxygen atoms in total. The Kier molecular flexibility index (Phi) is 39.2. The number of likely N-dealkylation sites (N-methyl/N-ethyl adjacent to an activating group) is 2. The highest BCUT2D eigenvalue weighted by Gasteiger charge is 2.26. The minimum absolute atomic E-state index is 0. The normalized spacial score (nSPS) is 11.8. The number of nitrogens with one attached hydrogen (secondary N) is 4. The molecule has 0 bridgehead atoms. The average molecular weight is 929 g/mol. The van der Waals surface area contributed by atoms with Crippen LogP contribution in [-0.2, 0) is 28.7 Å². The smallest absolute Gasteiger partial charge is 0.328 e. The molecular formula is C42H84Br2N6O6. The second-order valence-electron chi connectivity index (χ2n) is 16.5. The van der Waals surface area contributed by atoms with E-state index in [9.17, 15) is 24.0 Å². The van der Waals surface area contributed by atoms with E-state index >= 15 is 0 Å². The summed E-state index contributed by atoms with van der Waals surface area (Å²) in [5.74, 6) is -0.499. The predicted molar refractivity (Wildman–Crippen MR) is 220 cm³/mol. The molecule has 4 amide bonds. The summed E-state index contributed by atoms with van der Waals surface area (Å²) in [7, 11) is 7.98. The van der Waals surface area contributed by atoms with Crippen LogP contribution in [0.15, 0.2) is 0 Å². The van der Waals surface area contributed by atoms with E-state index in [1.807, 2.05) is 28.2 Å². The van der Waals surface area contributed by atoms with E-state index < -0.39 is 12.0 Å². The van der Waals surface area contributed by atoms with E-state index in [1.165, 1.54) is 64.2 Å². The maximum atomic E-state index is 13.0. The van der Waals surface area contributed by atoms with Crippen molar-refractivity contribution in [2.75, 3.05) is 80.6 Å². The van der Waals surface area contributed by atoms with Gasteiger partial charge in [-0.05, 0) is 39.0 Å². The van der Waals surface area contributed by atoms with Gasteiger partial charge in [-0.1, -0.05) is 90.9 Å². The Morgan fingerprint density at radius 3 is 1.32 bits per heavy atom. The van der Waals surface area contributed by atoms with Crippen LogP contribution in [-0.4, -0.2) is 125 Å². The number of halogens is 2. The number of carbonyl (C=O) groups excluding carboxylic acids is 5. The Hall–Kier alpha value is -1.77. The summed E-state index contributed by atoms with van der Waals surface area (Å²) in [5.41, 5.74) is 0. The van der Waals surface area contributed by atoms with Gasteiger partial charge in [0.25, 0.3) is 11.8 Å². The van der Waals surface area contributed by atoms with E-state index in [-0.39, 0.29) is 70.7 Å². The molecule has 0 aromatic carbocycles. The molecule has 0 heterocycles. The second kappa shape index (κ2) is 37.5. The van der Waals surface area contributed by atoms with Crippen LogP contribution in [0, 0.1) is 0 Å². The highest BCUT2D eigenvalue weighted by molar-refractivity contribution is 5.85. The van der Waals surface area contributed by atoms with Gasteiger partial charge in [-0.25, -0.2) is 4.79 Å². The first kappa shape index (κ1) is 58.5. The first-order chi connectivity index (χ1) is 25.7. The molecule has 0 fully saturated rings. The number of rotatable bonds is 36. The summed E-state index contributed by atoms with van der Waals surface area (Å²) in [4.78, 5) is 62.7. The number of quaternary nitrogens is 2. The fraction of sp³-hybridized carbons (Fsp3) is 0.881. The van der Waals surface area contributed by atoms with Crippen molar-refractivity contribution in [2.45, 2.75) is 162 Å². The summed E-state index contributed by atoms with van der Waals surface area (Å²) >= 11 is 0. The van der Waals surface area contributed by atoms with Crippen LogP contribution in [0.2, 0.25) is 0 Å². The number of hydrogen-bond acceptors (Lipinski definition) is 6. The molecule has 0 aromatic heterocycles. The predicted octanol–water partition coefficient (Wildman–Crippen LogP) is -0.224. The zero-order valence-corrected chi connectivity index (χ0v) is 39.9. The molecule has 332 valence electrons. The summed E-state index contributed by atoms with van der Waals surface area (Å²) < 4.78 is 6.20. The largest absolute Gasteiger partial charge is 1.00 e. The summed E-state index contributed by atoms with van der Waals surface area (Å²) in [6.45, 7) is 10.1. The zero-order valence-electron chi connectivity index (χ0n) is 36.7. The van der Waals surface area contributed by atoms with Crippen molar-refractivity contribution < 1.29 is 71.6 Å². The maximum absolute atomic E-state index is 13.0. The van der Waals surface area contributed by atoms with Crippen molar-refractivity contribution in [1.29, 1.82) is 0 Å². The Balaban J connectivity index is -0.0000140. The van der Waals surface area contributed by atoms with E-state index in [1.54, 1.807) is 6.92 Å². The monoisotopic (exact) mass is 926 g/mol. The molecule has 14 heteroatoms. The highest BCUT2D eigenvalue weighted by atomic mass is 79.9. The zero-order chi connectivity index (χ0) is 40.5. The molecule has 0 rings (SSSR count). The van der Waals surface area contributed by atoms with Crippen LogP contribution in [0.1, 0.15) is 156 Å². The topological polar surface area (TPSA) is 143 Å². The van der Waals surface area contributed by atoms with Crippen molar-refractivity contribution >= 4 is 29.6 Å². The van der Waals surface area contributed by atoms with E-state index in [4.69, 9.17) is 4.74 Å². The summed E-state index contributed by atoms with van der Waals surface area (Å²) in [5, 5.41) is 11.9. The van der Waals surface area contributed by atoms with Gasteiger partial charge >= 0.3 is 5.97 Å². The molecule has 4 N–H and O–H groups in total. The molecule has 0 saturated carbocycles. The van der Waals surface area contributed by atoms with Gasteiger partial charge in [0, 0.05) is 45.3 Å². The molecule has 0 aliphatic heterocycles. The van der Waals surface area contributed by atoms with Crippen molar-refractivity contribution in [2.24, 2.45) is 0 Å². The van der Waals surface area contributed by atoms with Crippen molar-refractivity contribution in [3.05, 3.63) is 0 Å². The van der Waals surface area contributed by atoms with Gasteiger partial charge in [0.2, 0.25) is 11.8 Å². The molecule has 0 aliphatic rings. The van der Waals surface area contributed by atoms with Crippen molar-refractivity contribution in [1.82, 2.24) is 21.3 Å². The van der Waals surface area contributed by atoms with Crippen LogP contribution >= 0.6 is 0 Å². The van der Waals surface area contributed by atoms with Gasteiger partial charge in [0.1, 0.15) is 6.04 Å². The van der Waals surface area contributed by atoms with Crippen LogP contribution in [0.4, 0.5) is 0 Å². The first-order valence-electron chi connectivity index (χ1n) is 21.6. The molecule has 0 radical (unpaired) electrons. The third kappa shape index (κ3) is 36.6. The Bertz CT molecular complexity index is 1030. The highest BCUT2D eigenvalue weighted by Crippen LogP contribution is 2.10. The Morgan fingerprint density at radius 1 is 0.482 bits per heavy atom. The average Bonchev–Trinajstić information content (AvgIpc) is 3.10. The Morgan fingerprint density at radius 2 is 0.875 bits per heavy atom. The van der Waals surface area contributed by atoms with Gasteiger partial charge < -0.3 is 68.9 Å². The molecule has 56 heavy (non-hydrogen) atoms. The van der Waals surface area contributed by atoms with Gasteiger partial charge in [0.15, 0.2) is 13.1 Å². The van der Waals surface area contributed by atoms with Crippen LogP contribution in [0.5, 0.6) is 0 Å². The van der Waals surface area contributed by atoms with E-state index in [2.05, 4.69) is 35.1 Å². The van der Waals surface area contributed by atoms with Gasteiger partial charge in [-0.15, -0.1) is 0 Å². The number of esters is 1. The first-order valence-corrected chi connectivity index (χ1v) is 21.6. The number of hydrogen-bond donors (Lipinski definition) is 4. The molecule has 1 atom stereocenters. The minimum atomic E-state index is -0.745. The molecule has 0 saturated heterocycles. The van der Waals surface area contributed by atoms with E-state index in [0.29, 0.717) is 73.8 Å². The fourth-order valence-corrected chi connectivity index (χ4v) is 6.56. The summed E-state index contributed by atoms with van der Waals surface area (Å²) in [6, 6.07) is -0.745. The van der Waals surface area contributed by atoms with Crippen molar-refractivity contribution in [3.8, 4) is 0 Å². The number of nitrogens with zero attached hydrogens (tertiary/aromatic N) is 2. The van der Waals surface area contributed by atoms with E-state index in [0.717, 1.165) is 45.1 Å². The standard InChI is InChI=1S/C42H82N6O6.2BrH/c1-8-11-13-15-17-19-21-28-38(49)43-31-25-33-47(4,5)35-40(51)45-30-24-23-27-37(42(53)54-10-3)46-41(52)36-48(6,7)34-26-32-44-39(50)29-22-20-18-16-14-12-9-2;;/h37H,8-36H2,1-7H3,(H2-2,43,44,45,46,49,50,51,52);2*1H/t37-;;/m0../s1. The summed E-state index contributed by atoms with van der Waals surface area (Å²) in [6.07, 6.45) is 21.1. The maximum Gasteiger partial charge on any atom is 0.328 e. The number of amides is 4. The van der Waals surface area contributed by atoms with Crippen molar-refractivity contribution in [3.63, 3.8) is 0 Å². The molecular weight excluding hydrogens is 844 g/mol. The third-order valence-electron chi connectivity index (χ3n) is 9.83. The van der Waals surface area contributed by atoms with Gasteiger partial charge in [-0.2, -0.15) is 0 Å². The van der Waals surface area contributed by atoms with Crippen LogP contribution in [0.3, 0.4) is 0 Å². The number of ether oxygens (including phenoxy) is 1. The lowest BCUT2D eigenvalue weighted by Gasteiger charge is -2.30. The van der Waals surface area contributed by atoms with Crippen LogP contribution in [0.25, 0.3) is 0 Å². The lowest BCUT2D eigenvalue weighted by Crippen LogP contribution is -3.00. The fourth-order valence-electron chi connectivity index (χ4n) is 6.56. The molecule has 0 aliphatic carbocycles. The molecule has 0 aromatic rings. The quantitative estimate of drug-likeness (QED) is 0.0390. The Labute approximate surface area is 363 Å². The number of unbranched alkanes of at least 4 members (excludes halogenated alkanes) is 13. The third-order valence-corrected chi connectivity index (χ3v) is 9.83. The lowest BCUT2D eigenvalue weighted by molar-refractivity contribution is -0.882. The minimum Gasteiger partial charge on any atom is -1.00 e. The lowest BCUT2D eigenvalue weighted by atomic mass is 10.1.